The summed E-state index contributed by atoms with van der Waals surface area (Å²) < 4.78 is 18.1. The van der Waals surface area contributed by atoms with Crippen LogP contribution in [0.15, 0.2) is 76.0 Å². The SMILES string of the molecule is O=C(c1ccc(CS(=O)c2ccccc2)o1)N1CCN(c2cccc(Cl)c2)CC1. The van der Waals surface area contributed by atoms with Crippen LogP contribution in [0.25, 0.3) is 0 Å². The number of furan rings is 1. The summed E-state index contributed by atoms with van der Waals surface area (Å²) in [7, 11) is -1.20. The Morgan fingerprint density at radius 1 is 0.966 bits per heavy atom. The molecule has 2 aromatic carbocycles. The molecule has 4 rings (SSSR count). The fourth-order valence-electron chi connectivity index (χ4n) is 3.35. The van der Waals surface area contributed by atoms with Gasteiger partial charge in [0.2, 0.25) is 0 Å². The molecule has 0 N–H and O–H groups in total. The molecule has 150 valence electrons. The zero-order chi connectivity index (χ0) is 20.2. The van der Waals surface area contributed by atoms with E-state index in [0.717, 1.165) is 23.7 Å². The molecule has 0 bridgehead atoms. The average Bonchev–Trinajstić information content (AvgIpc) is 3.22. The van der Waals surface area contributed by atoms with E-state index in [-0.39, 0.29) is 11.7 Å². The van der Waals surface area contributed by atoms with Crippen LogP contribution in [0.1, 0.15) is 16.3 Å². The minimum absolute atomic E-state index is 0.132. The third-order valence-electron chi connectivity index (χ3n) is 4.89. The van der Waals surface area contributed by atoms with Crippen molar-refractivity contribution >= 4 is 34.0 Å². The summed E-state index contributed by atoms with van der Waals surface area (Å²) in [4.78, 5) is 17.5. The van der Waals surface area contributed by atoms with Crippen LogP contribution in [0.3, 0.4) is 0 Å². The largest absolute Gasteiger partial charge is 0.455 e. The van der Waals surface area contributed by atoms with E-state index in [4.69, 9.17) is 16.0 Å². The Hall–Kier alpha value is -2.57. The van der Waals surface area contributed by atoms with E-state index in [2.05, 4.69) is 4.90 Å². The number of rotatable bonds is 5. The summed E-state index contributed by atoms with van der Waals surface area (Å²) in [5, 5.41) is 0.706. The van der Waals surface area contributed by atoms with Crippen LogP contribution in [0.4, 0.5) is 5.69 Å². The van der Waals surface area contributed by atoms with Gasteiger partial charge in [0.15, 0.2) is 5.76 Å². The van der Waals surface area contributed by atoms with Gasteiger partial charge in [-0.1, -0.05) is 35.9 Å². The maximum Gasteiger partial charge on any atom is 0.289 e. The Bertz CT molecular complexity index is 1010. The van der Waals surface area contributed by atoms with Gasteiger partial charge in [-0.05, 0) is 42.5 Å². The van der Waals surface area contributed by atoms with Crippen molar-refractivity contribution in [2.45, 2.75) is 10.6 Å². The molecule has 5 nitrogen and oxygen atoms in total. The van der Waals surface area contributed by atoms with Crippen molar-refractivity contribution < 1.29 is 13.4 Å². The number of piperazine rings is 1. The molecule has 1 unspecified atom stereocenters. The molecular formula is C22H21ClN2O3S. The molecule has 1 fully saturated rings. The molecule has 7 heteroatoms. The second kappa shape index (κ2) is 8.84. The quantitative estimate of drug-likeness (QED) is 0.611. The first-order valence-electron chi connectivity index (χ1n) is 9.42. The fourth-order valence-corrected chi connectivity index (χ4v) is 4.58. The molecule has 1 atom stereocenters. The Morgan fingerprint density at radius 3 is 2.45 bits per heavy atom. The normalized spacial score (nSPS) is 15.3. The van der Waals surface area contributed by atoms with Crippen LogP contribution in [0.2, 0.25) is 5.02 Å². The average molecular weight is 429 g/mol. The number of hydrogen-bond donors (Lipinski definition) is 0. The second-order valence-electron chi connectivity index (χ2n) is 6.83. The van der Waals surface area contributed by atoms with E-state index in [1.807, 2.05) is 54.6 Å². The van der Waals surface area contributed by atoms with Gasteiger partial charge >= 0.3 is 0 Å². The Kier molecular flexibility index (Phi) is 6.02. The maximum atomic E-state index is 12.8. The van der Waals surface area contributed by atoms with Crippen molar-refractivity contribution in [3.63, 3.8) is 0 Å². The number of carbonyl (C=O) groups is 1. The molecule has 1 aliphatic rings. The van der Waals surface area contributed by atoms with Crippen molar-refractivity contribution in [2.24, 2.45) is 0 Å². The van der Waals surface area contributed by atoms with Gasteiger partial charge in [0.1, 0.15) is 5.76 Å². The number of anilines is 1. The van der Waals surface area contributed by atoms with Gasteiger partial charge in [-0.15, -0.1) is 0 Å². The van der Waals surface area contributed by atoms with E-state index in [1.165, 1.54) is 0 Å². The number of halogens is 1. The van der Waals surface area contributed by atoms with Crippen LogP contribution in [-0.4, -0.2) is 41.2 Å². The molecule has 1 saturated heterocycles. The first-order valence-corrected chi connectivity index (χ1v) is 11.1. The predicted octanol–water partition coefficient (Wildman–Crippen LogP) is 4.20. The van der Waals surface area contributed by atoms with Gasteiger partial charge in [0.25, 0.3) is 5.91 Å². The van der Waals surface area contributed by atoms with Crippen LogP contribution >= 0.6 is 11.6 Å². The lowest BCUT2D eigenvalue weighted by molar-refractivity contribution is 0.0713. The molecule has 2 heterocycles. The highest BCUT2D eigenvalue weighted by Gasteiger charge is 2.24. The lowest BCUT2D eigenvalue weighted by Gasteiger charge is -2.35. The van der Waals surface area contributed by atoms with Crippen LogP contribution in [0.5, 0.6) is 0 Å². The molecule has 0 spiro atoms. The van der Waals surface area contributed by atoms with Crippen LogP contribution in [-0.2, 0) is 16.6 Å². The van der Waals surface area contributed by atoms with Gasteiger partial charge < -0.3 is 14.2 Å². The van der Waals surface area contributed by atoms with E-state index in [9.17, 15) is 9.00 Å². The molecule has 1 aliphatic heterocycles. The van der Waals surface area contributed by atoms with Crippen molar-refractivity contribution in [1.82, 2.24) is 4.90 Å². The highest BCUT2D eigenvalue weighted by Crippen LogP contribution is 2.22. The van der Waals surface area contributed by atoms with Gasteiger partial charge in [-0.25, -0.2) is 0 Å². The lowest BCUT2D eigenvalue weighted by atomic mass is 10.2. The van der Waals surface area contributed by atoms with Gasteiger partial charge in [-0.2, -0.15) is 0 Å². The van der Waals surface area contributed by atoms with E-state index < -0.39 is 10.8 Å². The summed E-state index contributed by atoms with van der Waals surface area (Å²) >= 11 is 6.08. The monoisotopic (exact) mass is 428 g/mol. The van der Waals surface area contributed by atoms with Crippen LogP contribution < -0.4 is 4.90 Å². The first-order chi connectivity index (χ1) is 14.1. The molecule has 29 heavy (non-hydrogen) atoms. The molecule has 1 amide bonds. The van der Waals surface area contributed by atoms with Gasteiger partial charge in [0, 0.05) is 41.8 Å². The van der Waals surface area contributed by atoms with Crippen LogP contribution in [0, 0.1) is 0 Å². The minimum atomic E-state index is -1.20. The topological polar surface area (TPSA) is 53.8 Å². The Balaban J connectivity index is 1.35. The van der Waals surface area contributed by atoms with Gasteiger partial charge in [0.05, 0.1) is 16.6 Å². The van der Waals surface area contributed by atoms with E-state index in [0.29, 0.717) is 29.6 Å². The fraction of sp³-hybridized carbons (Fsp3) is 0.227. The maximum absolute atomic E-state index is 12.8. The lowest BCUT2D eigenvalue weighted by Crippen LogP contribution is -2.48. The predicted molar refractivity (Wildman–Crippen MR) is 115 cm³/mol. The summed E-state index contributed by atoms with van der Waals surface area (Å²) in [6.07, 6.45) is 0. The molecule has 3 aromatic rings. The molecule has 0 radical (unpaired) electrons. The Morgan fingerprint density at radius 2 is 1.72 bits per heavy atom. The van der Waals surface area contributed by atoms with Crippen molar-refractivity contribution in [3.8, 4) is 0 Å². The molecule has 0 saturated carbocycles. The van der Waals surface area contributed by atoms with Crippen molar-refractivity contribution in [1.29, 1.82) is 0 Å². The highest BCUT2D eigenvalue weighted by molar-refractivity contribution is 7.84. The number of carbonyl (C=O) groups excluding carboxylic acids is 1. The van der Waals surface area contributed by atoms with E-state index in [1.54, 1.807) is 17.0 Å². The zero-order valence-corrected chi connectivity index (χ0v) is 17.4. The first kappa shape index (κ1) is 19.7. The summed E-state index contributed by atoms with van der Waals surface area (Å²) in [6.45, 7) is 2.68. The second-order valence-corrected chi connectivity index (χ2v) is 8.72. The Labute approximate surface area is 177 Å². The standard InChI is InChI=1S/C22H21ClN2O3S/c23-17-5-4-6-18(15-17)24-11-13-25(14-12-24)22(26)21-10-9-19(28-21)16-29(27)20-7-2-1-3-8-20/h1-10,15H,11-14,16H2. The zero-order valence-electron chi connectivity index (χ0n) is 15.8. The molecule has 1 aromatic heterocycles. The van der Waals surface area contributed by atoms with E-state index >= 15 is 0 Å². The third-order valence-corrected chi connectivity index (χ3v) is 6.47. The number of nitrogens with zero attached hydrogens (tertiary/aromatic N) is 2. The summed E-state index contributed by atoms with van der Waals surface area (Å²) in [5.41, 5.74) is 1.06. The molecule has 0 aliphatic carbocycles. The molecular weight excluding hydrogens is 408 g/mol. The van der Waals surface area contributed by atoms with Gasteiger partial charge in [-0.3, -0.25) is 9.00 Å². The summed E-state index contributed by atoms with van der Waals surface area (Å²) in [5.74, 6) is 0.960. The number of hydrogen-bond acceptors (Lipinski definition) is 4. The summed E-state index contributed by atoms with van der Waals surface area (Å²) in [6, 6.07) is 20.4. The number of amides is 1. The number of benzene rings is 2. The smallest absolute Gasteiger partial charge is 0.289 e. The minimum Gasteiger partial charge on any atom is -0.455 e. The third kappa shape index (κ3) is 4.71. The highest BCUT2D eigenvalue weighted by atomic mass is 35.5. The van der Waals surface area contributed by atoms with Crippen molar-refractivity contribution in [2.75, 3.05) is 31.1 Å². The van der Waals surface area contributed by atoms with Crippen molar-refractivity contribution in [3.05, 3.63) is 83.3 Å².